The quantitative estimate of drug-likeness (QED) is 0.126. The summed E-state index contributed by atoms with van der Waals surface area (Å²) in [5.41, 5.74) is 7.73. The summed E-state index contributed by atoms with van der Waals surface area (Å²) >= 11 is 2.20. The van der Waals surface area contributed by atoms with E-state index in [1.807, 2.05) is 173 Å². The summed E-state index contributed by atoms with van der Waals surface area (Å²) in [6, 6.07) is 50.0. The Balaban J connectivity index is 1.09. The lowest BCUT2D eigenvalue weighted by Crippen LogP contribution is -2.48. The van der Waals surface area contributed by atoms with E-state index >= 15 is 26.3 Å². The molecule has 0 radical (unpaired) electrons. The Morgan fingerprint density at radius 3 is 0.815 bits per heavy atom. The highest BCUT2D eigenvalue weighted by Gasteiger charge is 2.80. The Bertz CT molecular complexity index is 2740. The lowest BCUT2D eigenvalue weighted by Gasteiger charge is -2.26. The molecule has 0 saturated heterocycles. The summed E-state index contributed by atoms with van der Waals surface area (Å²) < 4.78 is 96.2. The van der Waals surface area contributed by atoms with E-state index in [1.54, 1.807) is 0 Å². The van der Waals surface area contributed by atoms with Crippen LogP contribution in [0, 0.1) is 41.5 Å². The first-order chi connectivity index (χ1) is 30.9. The van der Waals surface area contributed by atoms with E-state index in [4.69, 9.17) is 0 Å². The minimum absolute atomic E-state index is 0.223. The fourth-order valence-electron chi connectivity index (χ4n) is 8.40. The fourth-order valence-corrected chi connectivity index (χ4v) is 10.5. The SMILES string of the molecule is Cc1ccc(N(c2ccc(C)cc2)c2ccc(-c3cc(C4=C(c5cc(-c6ccc(N(c7ccc(C)cc7)c7ccc(C)cc7)cc6)sc5C)C(F)(F)C(F)(F)C4(F)F)c(C)s3)cc2)cc1. The van der Waals surface area contributed by atoms with Crippen molar-refractivity contribution in [3.8, 4) is 20.9 Å². The molecule has 9 rings (SSSR count). The highest BCUT2D eigenvalue weighted by atomic mass is 32.1. The lowest BCUT2D eigenvalue weighted by atomic mass is 9.94. The molecule has 0 atom stereocenters. The van der Waals surface area contributed by atoms with Crippen molar-refractivity contribution in [2.45, 2.75) is 59.3 Å². The number of hydrogen-bond acceptors (Lipinski definition) is 4. The maximum absolute atomic E-state index is 16.2. The van der Waals surface area contributed by atoms with Gasteiger partial charge < -0.3 is 9.80 Å². The molecular formula is C55H44F6N2S2. The number of nitrogens with zero attached hydrogens (tertiary/aromatic N) is 2. The van der Waals surface area contributed by atoms with E-state index in [1.165, 1.54) is 26.0 Å². The van der Waals surface area contributed by atoms with Gasteiger partial charge in [0.1, 0.15) is 0 Å². The third kappa shape index (κ3) is 7.76. The summed E-state index contributed by atoms with van der Waals surface area (Å²) in [6.45, 7) is 11.1. The molecule has 10 heteroatoms. The number of alkyl halides is 6. The van der Waals surface area contributed by atoms with Gasteiger partial charge in [-0.25, -0.2) is 0 Å². The minimum Gasteiger partial charge on any atom is -0.311 e. The van der Waals surface area contributed by atoms with Crippen LogP contribution in [0.4, 0.5) is 60.5 Å². The molecule has 0 aliphatic heterocycles. The molecule has 1 aliphatic rings. The molecule has 0 N–H and O–H groups in total. The smallest absolute Gasteiger partial charge is 0.311 e. The first-order valence-electron chi connectivity index (χ1n) is 21.1. The zero-order chi connectivity index (χ0) is 46.0. The Hall–Kier alpha value is -6.36. The Kier molecular flexibility index (Phi) is 11.2. The predicted molar refractivity (Wildman–Crippen MR) is 259 cm³/mol. The highest BCUT2D eigenvalue weighted by molar-refractivity contribution is 7.16. The van der Waals surface area contributed by atoms with Crippen LogP contribution in [0.1, 0.15) is 43.1 Å². The molecule has 2 heterocycles. The van der Waals surface area contributed by atoms with Crippen molar-refractivity contribution in [3.05, 3.63) is 201 Å². The number of allylic oxidation sites excluding steroid dienone is 2. The second-order valence-corrected chi connectivity index (χ2v) is 19.3. The van der Waals surface area contributed by atoms with Crippen molar-refractivity contribution in [2.75, 3.05) is 9.80 Å². The van der Waals surface area contributed by atoms with Gasteiger partial charge in [-0.05, 0) is 149 Å². The third-order valence-electron chi connectivity index (χ3n) is 12.0. The second-order valence-electron chi connectivity index (χ2n) is 16.7. The van der Waals surface area contributed by atoms with Crippen LogP contribution < -0.4 is 9.80 Å². The van der Waals surface area contributed by atoms with Crippen molar-refractivity contribution in [3.63, 3.8) is 0 Å². The monoisotopic (exact) mass is 910 g/mol. The van der Waals surface area contributed by atoms with E-state index in [2.05, 4.69) is 9.80 Å². The summed E-state index contributed by atoms with van der Waals surface area (Å²) in [6.07, 6.45) is 0. The van der Waals surface area contributed by atoms with Gasteiger partial charge in [0.15, 0.2) is 0 Å². The zero-order valence-electron chi connectivity index (χ0n) is 36.5. The number of rotatable bonds is 10. The molecule has 0 amide bonds. The second kappa shape index (κ2) is 16.6. The molecule has 0 fully saturated rings. The largest absolute Gasteiger partial charge is 0.380 e. The molecule has 65 heavy (non-hydrogen) atoms. The number of halogens is 6. The number of anilines is 6. The van der Waals surface area contributed by atoms with Crippen LogP contribution in [0.3, 0.4) is 0 Å². The summed E-state index contributed by atoms with van der Waals surface area (Å²) in [5.74, 6) is -16.0. The standard InChI is InChI=1S/C55H44F6N2S2/c1-33-7-19-41(20-8-33)62(42-21-9-34(2)10-22-42)45-27-15-39(16-28-45)49-31-47(37(5)64-49)51-52(54(58,59)55(60,61)53(51,56)57)48-32-50(65-38(48)6)40-17-29-46(30-18-40)63(43-23-11-35(3)12-24-43)44-25-13-36(4)14-26-44/h7-32H,1-6H3. The molecule has 0 unspecified atom stereocenters. The van der Waals surface area contributed by atoms with Gasteiger partial charge in [0.2, 0.25) is 0 Å². The van der Waals surface area contributed by atoms with Crippen molar-refractivity contribution in [2.24, 2.45) is 0 Å². The summed E-state index contributed by atoms with van der Waals surface area (Å²) in [4.78, 5) is 5.59. The van der Waals surface area contributed by atoms with Crippen LogP contribution in [0.25, 0.3) is 32.0 Å². The van der Waals surface area contributed by atoms with E-state index in [9.17, 15) is 0 Å². The average molecular weight is 911 g/mol. The molecule has 8 aromatic rings. The van der Waals surface area contributed by atoms with Crippen LogP contribution in [-0.4, -0.2) is 17.8 Å². The third-order valence-corrected chi connectivity index (χ3v) is 14.2. The predicted octanol–water partition coefficient (Wildman–Crippen LogP) is 17.8. The fraction of sp³-hybridized carbons (Fsp3) is 0.164. The van der Waals surface area contributed by atoms with E-state index in [0.717, 1.165) is 79.1 Å². The van der Waals surface area contributed by atoms with Crippen molar-refractivity contribution < 1.29 is 26.3 Å². The molecule has 0 bridgehead atoms. The van der Waals surface area contributed by atoms with Gasteiger partial charge in [-0.1, -0.05) is 95.1 Å². The van der Waals surface area contributed by atoms with Gasteiger partial charge in [0.25, 0.3) is 0 Å². The molecule has 2 aromatic heterocycles. The maximum atomic E-state index is 16.2. The van der Waals surface area contributed by atoms with Crippen molar-refractivity contribution >= 4 is 67.9 Å². The normalized spacial score (nSPS) is 15.1. The van der Waals surface area contributed by atoms with Crippen LogP contribution >= 0.6 is 22.7 Å². The van der Waals surface area contributed by atoms with E-state index < -0.39 is 28.9 Å². The van der Waals surface area contributed by atoms with Gasteiger partial charge in [-0.15, -0.1) is 22.7 Å². The van der Waals surface area contributed by atoms with Gasteiger partial charge in [-0.3, -0.25) is 0 Å². The topological polar surface area (TPSA) is 6.48 Å². The van der Waals surface area contributed by atoms with Crippen LogP contribution in [-0.2, 0) is 0 Å². The zero-order valence-corrected chi connectivity index (χ0v) is 38.1. The molecule has 6 aromatic carbocycles. The van der Waals surface area contributed by atoms with Crippen LogP contribution in [0.2, 0.25) is 0 Å². The molecule has 0 spiro atoms. The number of hydrogen-bond donors (Lipinski definition) is 0. The van der Waals surface area contributed by atoms with Crippen LogP contribution in [0.15, 0.2) is 158 Å². The lowest BCUT2D eigenvalue weighted by molar-refractivity contribution is -0.254. The first-order valence-corrected chi connectivity index (χ1v) is 22.8. The van der Waals surface area contributed by atoms with Gasteiger partial charge in [0, 0.05) is 64.8 Å². The van der Waals surface area contributed by atoms with Gasteiger partial charge >= 0.3 is 17.8 Å². The van der Waals surface area contributed by atoms with E-state index in [-0.39, 0.29) is 20.9 Å². The minimum atomic E-state index is -5.68. The Labute approximate surface area is 383 Å². The Morgan fingerprint density at radius 1 is 0.338 bits per heavy atom. The Morgan fingerprint density at radius 2 is 0.569 bits per heavy atom. The van der Waals surface area contributed by atoms with E-state index in [0.29, 0.717) is 20.9 Å². The number of thiophene rings is 2. The van der Waals surface area contributed by atoms with Crippen molar-refractivity contribution in [1.29, 1.82) is 0 Å². The molecule has 1 aliphatic carbocycles. The molecular weight excluding hydrogens is 867 g/mol. The van der Waals surface area contributed by atoms with Crippen LogP contribution in [0.5, 0.6) is 0 Å². The molecule has 2 nitrogen and oxygen atoms in total. The van der Waals surface area contributed by atoms with Gasteiger partial charge in [-0.2, -0.15) is 26.3 Å². The average Bonchev–Trinajstić information content (AvgIpc) is 3.89. The van der Waals surface area contributed by atoms with Crippen molar-refractivity contribution in [1.82, 2.24) is 0 Å². The highest BCUT2D eigenvalue weighted by Crippen LogP contribution is 2.66. The summed E-state index contributed by atoms with van der Waals surface area (Å²) in [7, 11) is 0. The number of aryl methyl sites for hydroxylation is 6. The summed E-state index contributed by atoms with van der Waals surface area (Å²) in [5, 5.41) is 0. The number of benzene rings is 6. The molecule has 0 saturated carbocycles. The van der Waals surface area contributed by atoms with Gasteiger partial charge in [0.05, 0.1) is 0 Å². The maximum Gasteiger partial charge on any atom is 0.380 e. The molecule has 328 valence electrons. The first kappa shape index (κ1) is 43.9.